The Morgan fingerprint density at radius 2 is 2.22 bits per heavy atom. The van der Waals surface area contributed by atoms with Gasteiger partial charge in [-0.1, -0.05) is 0 Å². The van der Waals surface area contributed by atoms with Gasteiger partial charge in [0, 0.05) is 25.8 Å². The Morgan fingerprint density at radius 1 is 1.39 bits per heavy atom. The molecule has 1 heterocycles. The minimum atomic E-state index is -0.0533. The second-order valence-corrected chi connectivity index (χ2v) is 5.20. The first-order valence-electron chi connectivity index (χ1n) is 6.91. The summed E-state index contributed by atoms with van der Waals surface area (Å²) in [5.74, 6) is 0.850. The van der Waals surface area contributed by atoms with Crippen molar-refractivity contribution in [3.63, 3.8) is 0 Å². The van der Waals surface area contributed by atoms with Crippen LogP contribution in [0.15, 0.2) is 0 Å². The van der Waals surface area contributed by atoms with Crippen molar-refractivity contribution in [2.45, 2.75) is 25.3 Å². The Morgan fingerprint density at radius 3 is 2.94 bits per heavy atom. The first kappa shape index (κ1) is 13.8. The fourth-order valence-electron chi connectivity index (χ4n) is 2.15. The van der Waals surface area contributed by atoms with Crippen molar-refractivity contribution >= 4 is 5.91 Å². The number of rotatable bonds is 8. The van der Waals surface area contributed by atoms with Crippen LogP contribution in [0, 0.1) is 11.8 Å². The number of nitrogens with one attached hydrogen (secondary N) is 2. The molecule has 104 valence electrons. The van der Waals surface area contributed by atoms with Gasteiger partial charge in [0.1, 0.15) is 0 Å². The molecule has 0 aromatic carbocycles. The number of carbonyl (C=O) groups is 1. The first-order chi connectivity index (χ1) is 8.81. The Balaban J connectivity index is 1.50. The van der Waals surface area contributed by atoms with Gasteiger partial charge in [0.25, 0.3) is 0 Å². The van der Waals surface area contributed by atoms with Crippen LogP contribution in [0.5, 0.6) is 0 Å². The molecule has 2 rings (SSSR count). The average Bonchev–Trinajstić information content (AvgIpc) is 3.07. The molecule has 0 aromatic rings. The van der Waals surface area contributed by atoms with E-state index in [1.165, 1.54) is 12.8 Å². The van der Waals surface area contributed by atoms with Crippen LogP contribution in [0.25, 0.3) is 0 Å². The zero-order valence-corrected chi connectivity index (χ0v) is 11.1. The second-order valence-electron chi connectivity index (χ2n) is 5.20. The van der Waals surface area contributed by atoms with Gasteiger partial charge in [-0.15, -0.1) is 0 Å². The molecule has 2 unspecified atom stereocenters. The standard InChI is InChI=1S/C13H24N2O3/c1-14-12-9-18-8-11(12)13(16)15-5-2-6-17-7-10-3-4-10/h10-12,14H,2-9H2,1H3,(H,15,16). The maximum absolute atomic E-state index is 11.9. The molecule has 0 radical (unpaired) electrons. The highest BCUT2D eigenvalue weighted by molar-refractivity contribution is 5.79. The van der Waals surface area contributed by atoms with Gasteiger partial charge in [-0.05, 0) is 32.2 Å². The number of carbonyl (C=O) groups excluding carboxylic acids is 1. The van der Waals surface area contributed by atoms with Crippen LogP contribution in [0.4, 0.5) is 0 Å². The van der Waals surface area contributed by atoms with E-state index in [2.05, 4.69) is 10.6 Å². The third-order valence-electron chi connectivity index (χ3n) is 3.60. The number of hydrogen-bond acceptors (Lipinski definition) is 4. The van der Waals surface area contributed by atoms with Gasteiger partial charge in [-0.25, -0.2) is 0 Å². The summed E-state index contributed by atoms with van der Waals surface area (Å²) in [5.41, 5.74) is 0. The van der Waals surface area contributed by atoms with Crippen molar-refractivity contribution in [3.05, 3.63) is 0 Å². The molecular formula is C13H24N2O3. The largest absolute Gasteiger partial charge is 0.381 e. The molecule has 18 heavy (non-hydrogen) atoms. The van der Waals surface area contributed by atoms with E-state index in [1.54, 1.807) is 0 Å². The molecule has 2 atom stereocenters. The van der Waals surface area contributed by atoms with Crippen LogP contribution in [0.1, 0.15) is 19.3 Å². The van der Waals surface area contributed by atoms with Crippen molar-refractivity contribution in [2.75, 3.05) is 40.0 Å². The predicted octanol–water partition coefficient (Wildman–Crippen LogP) is 0.154. The molecule has 2 aliphatic rings. The second kappa shape index (κ2) is 7.07. The number of hydrogen-bond donors (Lipinski definition) is 2. The zero-order chi connectivity index (χ0) is 12.8. The molecule has 1 saturated carbocycles. The van der Waals surface area contributed by atoms with E-state index in [1.807, 2.05) is 7.05 Å². The van der Waals surface area contributed by atoms with Gasteiger partial charge in [0.2, 0.25) is 5.91 Å². The van der Waals surface area contributed by atoms with E-state index in [0.717, 1.165) is 25.6 Å². The van der Waals surface area contributed by atoms with Gasteiger partial charge in [0.15, 0.2) is 0 Å². The van der Waals surface area contributed by atoms with Gasteiger partial charge in [0.05, 0.1) is 19.1 Å². The SMILES string of the molecule is CNC1COCC1C(=O)NCCCOCC1CC1. The van der Waals surface area contributed by atoms with E-state index in [0.29, 0.717) is 19.8 Å². The maximum Gasteiger partial charge on any atom is 0.227 e. The van der Waals surface area contributed by atoms with Crippen LogP contribution < -0.4 is 10.6 Å². The lowest BCUT2D eigenvalue weighted by molar-refractivity contribution is -0.125. The van der Waals surface area contributed by atoms with Gasteiger partial charge in [-0.3, -0.25) is 4.79 Å². The van der Waals surface area contributed by atoms with Crippen molar-refractivity contribution in [2.24, 2.45) is 11.8 Å². The Bertz CT molecular complexity index is 269. The summed E-state index contributed by atoms with van der Waals surface area (Å²) < 4.78 is 10.8. The Labute approximate surface area is 109 Å². The Hall–Kier alpha value is -0.650. The molecule has 0 spiro atoms. The van der Waals surface area contributed by atoms with Crippen LogP contribution in [-0.4, -0.2) is 52.0 Å². The molecule has 0 aromatic heterocycles. The molecular weight excluding hydrogens is 232 g/mol. The molecule has 1 amide bonds. The predicted molar refractivity (Wildman–Crippen MR) is 68.3 cm³/mol. The summed E-state index contributed by atoms with van der Waals surface area (Å²) in [6.45, 7) is 3.48. The maximum atomic E-state index is 11.9. The zero-order valence-electron chi connectivity index (χ0n) is 11.1. The summed E-state index contributed by atoms with van der Waals surface area (Å²) in [6, 6.07) is 0.149. The summed E-state index contributed by atoms with van der Waals surface area (Å²) >= 11 is 0. The summed E-state index contributed by atoms with van der Waals surface area (Å²) in [7, 11) is 1.87. The number of likely N-dealkylation sites (N-methyl/N-ethyl adjacent to an activating group) is 1. The quantitative estimate of drug-likeness (QED) is 0.607. The molecule has 5 nitrogen and oxygen atoms in total. The molecule has 2 fully saturated rings. The van der Waals surface area contributed by atoms with E-state index in [4.69, 9.17) is 9.47 Å². The third kappa shape index (κ3) is 4.23. The van der Waals surface area contributed by atoms with Crippen molar-refractivity contribution in [1.29, 1.82) is 0 Å². The highest BCUT2D eigenvalue weighted by Gasteiger charge is 2.32. The lowest BCUT2D eigenvalue weighted by Crippen LogP contribution is -2.42. The van der Waals surface area contributed by atoms with Gasteiger partial charge in [-0.2, -0.15) is 0 Å². The molecule has 1 aliphatic heterocycles. The monoisotopic (exact) mass is 256 g/mol. The van der Waals surface area contributed by atoms with Crippen LogP contribution >= 0.6 is 0 Å². The topological polar surface area (TPSA) is 59.6 Å². The van der Waals surface area contributed by atoms with Crippen molar-refractivity contribution in [1.82, 2.24) is 10.6 Å². The highest BCUT2D eigenvalue weighted by Crippen LogP contribution is 2.28. The number of ether oxygens (including phenoxy) is 2. The average molecular weight is 256 g/mol. The fourth-order valence-corrected chi connectivity index (χ4v) is 2.15. The fraction of sp³-hybridized carbons (Fsp3) is 0.923. The van der Waals surface area contributed by atoms with Crippen LogP contribution in [-0.2, 0) is 14.3 Å². The molecule has 0 bridgehead atoms. The lowest BCUT2D eigenvalue weighted by Gasteiger charge is -2.16. The Kier molecular flexibility index (Phi) is 5.41. The summed E-state index contributed by atoms with van der Waals surface area (Å²) in [6.07, 6.45) is 3.53. The van der Waals surface area contributed by atoms with Crippen molar-refractivity contribution < 1.29 is 14.3 Å². The molecule has 5 heteroatoms. The highest BCUT2D eigenvalue weighted by atomic mass is 16.5. The van der Waals surface area contributed by atoms with E-state index in [9.17, 15) is 4.79 Å². The smallest absolute Gasteiger partial charge is 0.227 e. The van der Waals surface area contributed by atoms with Gasteiger partial charge < -0.3 is 20.1 Å². The van der Waals surface area contributed by atoms with Crippen LogP contribution in [0.3, 0.4) is 0 Å². The van der Waals surface area contributed by atoms with E-state index < -0.39 is 0 Å². The third-order valence-corrected chi connectivity index (χ3v) is 3.60. The summed E-state index contributed by atoms with van der Waals surface area (Å²) in [4.78, 5) is 11.9. The summed E-state index contributed by atoms with van der Waals surface area (Å²) in [5, 5.41) is 6.07. The van der Waals surface area contributed by atoms with Gasteiger partial charge >= 0.3 is 0 Å². The molecule has 1 saturated heterocycles. The van der Waals surface area contributed by atoms with Crippen LogP contribution in [0.2, 0.25) is 0 Å². The van der Waals surface area contributed by atoms with Crippen molar-refractivity contribution in [3.8, 4) is 0 Å². The molecule has 2 N–H and O–H groups in total. The van der Waals surface area contributed by atoms with E-state index in [-0.39, 0.29) is 17.9 Å². The minimum Gasteiger partial charge on any atom is -0.381 e. The normalized spacial score (nSPS) is 27.4. The minimum absolute atomic E-state index is 0.0533. The number of amides is 1. The lowest BCUT2D eigenvalue weighted by atomic mass is 10.0. The van der Waals surface area contributed by atoms with E-state index >= 15 is 0 Å². The first-order valence-corrected chi connectivity index (χ1v) is 6.91. The molecule has 1 aliphatic carbocycles.